The molecule has 0 amide bonds. The van der Waals surface area contributed by atoms with Gasteiger partial charge in [0.25, 0.3) is 0 Å². The Hall–Kier alpha value is -1.04. The fraction of sp³-hybridized carbons (Fsp3) is 0.750. The van der Waals surface area contributed by atoms with Gasteiger partial charge in [-0.1, -0.05) is 20.8 Å². The van der Waals surface area contributed by atoms with Gasteiger partial charge in [-0.05, 0) is 5.41 Å². The molecule has 0 aliphatic carbocycles. The summed E-state index contributed by atoms with van der Waals surface area (Å²) >= 11 is 0. The summed E-state index contributed by atoms with van der Waals surface area (Å²) in [6.45, 7) is 5.47. The molecule has 3 nitrogen and oxygen atoms in total. The van der Waals surface area contributed by atoms with Crippen molar-refractivity contribution < 1.29 is 9.90 Å². The van der Waals surface area contributed by atoms with Crippen LogP contribution in [0, 0.1) is 22.7 Å². The van der Waals surface area contributed by atoms with Gasteiger partial charge in [-0.15, -0.1) is 0 Å². The highest BCUT2D eigenvalue weighted by Crippen LogP contribution is 2.28. The van der Waals surface area contributed by atoms with Crippen molar-refractivity contribution in [1.29, 1.82) is 5.26 Å². The molecular formula is C8H13NO2. The normalized spacial score (nSPS) is 13.6. The zero-order valence-corrected chi connectivity index (χ0v) is 7.09. The zero-order valence-electron chi connectivity index (χ0n) is 7.09. The molecule has 0 saturated carbocycles. The minimum absolute atomic E-state index is 0.0822. The molecule has 0 radical (unpaired) electrons. The molecule has 0 spiro atoms. The van der Waals surface area contributed by atoms with E-state index in [9.17, 15) is 4.79 Å². The van der Waals surface area contributed by atoms with Crippen LogP contribution in [0.4, 0.5) is 0 Å². The second-order valence-electron chi connectivity index (χ2n) is 3.62. The van der Waals surface area contributed by atoms with E-state index < -0.39 is 11.9 Å². The molecule has 0 aromatic rings. The zero-order chi connectivity index (χ0) is 9.07. The first-order chi connectivity index (χ1) is 4.89. The molecule has 62 valence electrons. The van der Waals surface area contributed by atoms with Gasteiger partial charge in [-0.2, -0.15) is 5.26 Å². The number of nitrogens with zero attached hydrogens (tertiary/aromatic N) is 1. The third-order valence-corrected chi connectivity index (χ3v) is 1.64. The lowest BCUT2D eigenvalue weighted by molar-refractivity contribution is -0.145. The van der Waals surface area contributed by atoms with Crippen LogP contribution in [-0.2, 0) is 4.79 Å². The standard InChI is InChI=1S/C8H13NO2/c1-8(2,3)6(4-5-9)7(10)11/h6H,4H2,1-3H3,(H,10,11)/t6-/m0/s1. The van der Waals surface area contributed by atoms with Gasteiger partial charge in [-0.25, -0.2) is 0 Å². The van der Waals surface area contributed by atoms with Gasteiger partial charge in [0.15, 0.2) is 0 Å². The summed E-state index contributed by atoms with van der Waals surface area (Å²) in [6, 6.07) is 1.87. The Labute approximate surface area is 66.6 Å². The lowest BCUT2D eigenvalue weighted by Gasteiger charge is -2.24. The van der Waals surface area contributed by atoms with Gasteiger partial charge < -0.3 is 5.11 Å². The quantitative estimate of drug-likeness (QED) is 0.659. The van der Waals surface area contributed by atoms with Crippen molar-refractivity contribution in [2.45, 2.75) is 27.2 Å². The number of aliphatic carboxylic acids is 1. The third kappa shape index (κ3) is 3.03. The van der Waals surface area contributed by atoms with E-state index in [0.717, 1.165) is 0 Å². The van der Waals surface area contributed by atoms with Gasteiger partial charge in [0.2, 0.25) is 0 Å². The molecule has 0 saturated heterocycles. The van der Waals surface area contributed by atoms with E-state index in [1.54, 1.807) is 0 Å². The highest BCUT2D eigenvalue weighted by atomic mass is 16.4. The van der Waals surface area contributed by atoms with E-state index in [-0.39, 0.29) is 11.8 Å². The minimum atomic E-state index is -0.890. The number of nitriles is 1. The highest BCUT2D eigenvalue weighted by molar-refractivity contribution is 5.71. The Morgan fingerprint density at radius 3 is 2.18 bits per heavy atom. The van der Waals surface area contributed by atoms with E-state index in [2.05, 4.69) is 0 Å². The van der Waals surface area contributed by atoms with Crippen LogP contribution in [0.5, 0.6) is 0 Å². The Morgan fingerprint density at radius 2 is 2.09 bits per heavy atom. The first-order valence-corrected chi connectivity index (χ1v) is 3.49. The molecule has 1 atom stereocenters. The summed E-state index contributed by atoms with van der Waals surface area (Å²) < 4.78 is 0. The Morgan fingerprint density at radius 1 is 1.64 bits per heavy atom. The molecule has 0 heterocycles. The van der Waals surface area contributed by atoms with Crippen LogP contribution in [0.3, 0.4) is 0 Å². The van der Waals surface area contributed by atoms with Crippen LogP contribution in [0.1, 0.15) is 27.2 Å². The van der Waals surface area contributed by atoms with Crippen LogP contribution in [0.25, 0.3) is 0 Å². The molecule has 0 rings (SSSR count). The smallest absolute Gasteiger partial charge is 0.308 e. The Bertz CT molecular complexity index is 185. The number of hydrogen-bond donors (Lipinski definition) is 1. The van der Waals surface area contributed by atoms with E-state index in [0.29, 0.717) is 0 Å². The van der Waals surface area contributed by atoms with Gasteiger partial charge >= 0.3 is 5.97 Å². The summed E-state index contributed by atoms with van der Waals surface area (Å²) in [6.07, 6.45) is 0.0822. The summed E-state index contributed by atoms with van der Waals surface area (Å²) in [5.41, 5.74) is -0.332. The molecular weight excluding hydrogens is 142 g/mol. The van der Waals surface area contributed by atoms with Crippen LogP contribution in [0.2, 0.25) is 0 Å². The molecule has 0 aliphatic heterocycles. The lowest BCUT2D eigenvalue weighted by atomic mass is 9.79. The molecule has 3 heteroatoms. The monoisotopic (exact) mass is 155 g/mol. The lowest BCUT2D eigenvalue weighted by Crippen LogP contribution is -2.27. The topological polar surface area (TPSA) is 61.1 Å². The van der Waals surface area contributed by atoms with Gasteiger partial charge in [0, 0.05) is 6.42 Å². The van der Waals surface area contributed by atoms with Crippen molar-refractivity contribution in [3.63, 3.8) is 0 Å². The molecule has 0 bridgehead atoms. The van der Waals surface area contributed by atoms with Crippen molar-refractivity contribution in [1.82, 2.24) is 0 Å². The number of carboxylic acids is 1. The maximum absolute atomic E-state index is 10.6. The van der Waals surface area contributed by atoms with Crippen LogP contribution < -0.4 is 0 Å². The summed E-state index contributed by atoms with van der Waals surface area (Å²) in [5.74, 6) is -1.45. The van der Waals surface area contributed by atoms with Crippen molar-refractivity contribution in [2.24, 2.45) is 11.3 Å². The molecule has 0 unspecified atom stereocenters. The molecule has 0 aromatic heterocycles. The molecule has 0 aliphatic rings. The van der Waals surface area contributed by atoms with E-state index >= 15 is 0 Å². The summed E-state index contributed by atoms with van der Waals surface area (Å²) in [7, 11) is 0. The molecule has 1 N–H and O–H groups in total. The van der Waals surface area contributed by atoms with Crippen LogP contribution >= 0.6 is 0 Å². The van der Waals surface area contributed by atoms with Crippen LogP contribution in [0.15, 0.2) is 0 Å². The molecule has 0 aromatic carbocycles. The summed E-state index contributed by atoms with van der Waals surface area (Å²) in [4.78, 5) is 10.6. The third-order valence-electron chi connectivity index (χ3n) is 1.64. The predicted molar refractivity (Wildman–Crippen MR) is 40.8 cm³/mol. The van der Waals surface area contributed by atoms with E-state index in [1.165, 1.54) is 0 Å². The Balaban J connectivity index is 4.38. The maximum atomic E-state index is 10.6. The average molecular weight is 155 g/mol. The van der Waals surface area contributed by atoms with Crippen molar-refractivity contribution >= 4 is 5.97 Å². The van der Waals surface area contributed by atoms with E-state index in [1.807, 2.05) is 26.8 Å². The first-order valence-electron chi connectivity index (χ1n) is 3.49. The fourth-order valence-electron chi connectivity index (χ4n) is 0.855. The highest BCUT2D eigenvalue weighted by Gasteiger charge is 2.30. The second kappa shape index (κ2) is 3.38. The van der Waals surface area contributed by atoms with Gasteiger partial charge in [-0.3, -0.25) is 4.79 Å². The van der Waals surface area contributed by atoms with Gasteiger partial charge in [0.1, 0.15) is 0 Å². The second-order valence-corrected chi connectivity index (χ2v) is 3.62. The summed E-state index contributed by atoms with van der Waals surface area (Å²) in [5, 5.41) is 17.0. The number of carboxylic acid groups (broad SMARTS) is 1. The van der Waals surface area contributed by atoms with Gasteiger partial charge in [0.05, 0.1) is 12.0 Å². The van der Waals surface area contributed by atoms with Crippen LogP contribution in [-0.4, -0.2) is 11.1 Å². The van der Waals surface area contributed by atoms with Crippen molar-refractivity contribution in [3.05, 3.63) is 0 Å². The maximum Gasteiger partial charge on any atom is 0.308 e. The Kier molecular flexibility index (Phi) is 3.06. The van der Waals surface area contributed by atoms with Crippen molar-refractivity contribution in [3.8, 4) is 6.07 Å². The SMILES string of the molecule is CC(C)(C)[C@@H](CC#N)C(=O)O. The number of carbonyl (C=O) groups is 1. The fourth-order valence-corrected chi connectivity index (χ4v) is 0.855. The molecule has 0 fully saturated rings. The minimum Gasteiger partial charge on any atom is -0.481 e. The average Bonchev–Trinajstić information content (AvgIpc) is 1.79. The predicted octanol–water partition coefficient (Wildman–Crippen LogP) is 1.65. The number of rotatable bonds is 2. The molecule has 11 heavy (non-hydrogen) atoms. The number of hydrogen-bond acceptors (Lipinski definition) is 2. The largest absolute Gasteiger partial charge is 0.481 e. The van der Waals surface area contributed by atoms with Crippen molar-refractivity contribution in [2.75, 3.05) is 0 Å². The van der Waals surface area contributed by atoms with E-state index in [4.69, 9.17) is 10.4 Å². The first kappa shape index (κ1) is 9.96.